The van der Waals surface area contributed by atoms with E-state index in [2.05, 4.69) is 5.32 Å². The number of amides is 3. The number of benzene rings is 2. The van der Waals surface area contributed by atoms with Gasteiger partial charge in [-0.25, -0.2) is 9.59 Å². The number of hydrogen-bond acceptors (Lipinski definition) is 5. The van der Waals surface area contributed by atoms with Crippen LogP contribution in [0.3, 0.4) is 0 Å². The molecular formula is C27H34N2O5. The van der Waals surface area contributed by atoms with Gasteiger partial charge in [-0.05, 0) is 77.1 Å². The van der Waals surface area contributed by atoms with Gasteiger partial charge < -0.3 is 14.8 Å². The van der Waals surface area contributed by atoms with E-state index < -0.39 is 23.2 Å². The van der Waals surface area contributed by atoms with Gasteiger partial charge in [0.15, 0.2) is 5.60 Å². The summed E-state index contributed by atoms with van der Waals surface area (Å²) in [4.78, 5) is 38.6. The molecule has 1 aliphatic heterocycles. The van der Waals surface area contributed by atoms with Crippen LogP contribution in [0.15, 0.2) is 54.6 Å². The molecule has 1 N–H and O–H groups in total. The van der Waals surface area contributed by atoms with Crippen LogP contribution in [0.5, 0.6) is 5.75 Å². The van der Waals surface area contributed by atoms with E-state index in [0.717, 1.165) is 24.0 Å². The number of esters is 1. The van der Waals surface area contributed by atoms with Crippen LogP contribution in [0.4, 0.5) is 4.79 Å². The van der Waals surface area contributed by atoms with Gasteiger partial charge in [0.05, 0.1) is 6.54 Å². The Labute approximate surface area is 201 Å². The lowest BCUT2D eigenvalue weighted by molar-refractivity contribution is -0.170. The maximum Gasteiger partial charge on any atom is 0.350 e. The largest absolute Gasteiger partial charge is 0.476 e. The topological polar surface area (TPSA) is 84.9 Å². The first-order valence-electron chi connectivity index (χ1n) is 11.6. The molecule has 1 saturated heterocycles. The van der Waals surface area contributed by atoms with Gasteiger partial charge >= 0.3 is 12.0 Å². The van der Waals surface area contributed by atoms with Crippen molar-refractivity contribution in [3.63, 3.8) is 0 Å². The number of urea groups is 1. The predicted molar refractivity (Wildman–Crippen MR) is 129 cm³/mol. The molecule has 7 nitrogen and oxygen atoms in total. The first-order valence-corrected chi connectivity index (χ1v) is 11.6. The van der Waals surface area contributed by atoms with Crippen molar-refractivity contribution >= 4 is 17.9 Å². The number of imide groups is 1. The van der Waals surface area contributed by atoms with Gasteiger partial charge in [0.25, 0.3) is 5.91 Å². The van der Waals surface area contributed by atoms with Crippen molar-refractivity contribution in [3.05, 3.63) is 65.7 Å². The third-order valence-electron chi connectivity index (χ3n) is 5.44. The van der Waals surface area contributed by atoms with E-state index in [0.29, 0.717) is 12.2 Å². The quantitative estimate of drug-likeness (QED) is 0.430. The maximum absolute atomic E-state index is 12.7. The summed E-state index contributed by atoms with van der Waals surface area (Å²) >= 11 is 0. The van der Waals surface area contributed by atoms with Crippen molar-refractivity contribution in [2.45, 2.75) is 77.7 Å². The second kappa shape index (κ2) is 10.3. The highest BCUT2D eigenvalue weighted by Gasteiger charge is 2.37. The molecule has 1 atom stereocenters. The maximum atomic E-state index is 12.7. The number of carbonyl (C=O) groups excluding carboxylic acids is 3. The second-order valence-corrected chi connectivity index (χ2v) is 10.1. The van der Waals surface area contributed by atoms with E-state index in [1.54, 1.807) is 13.8 Å². The molecule has 3 amide bonds. The number of aryl methyl sites for hydroxylation is 1. The second-order valence-electron chi connectivity index (χ2n) is 10.1. The van der Waals surface area contributed by atoms with Crippen molar-refractivity contribution in [1.29, 1.82) is 0 Å². The average Bonchev–Trinajstić information content (AvgIpc) is 3.02. The summed E-state index contributed by atoms with van der Waals surface area (Å²) in [5.74, 6) is -0.0231. The molecule has 182 valence electrons. The highest BCUT2D eigenvalue weighted by atomic mass is 16.6. The number of nitrogens with zero attached hydrogens (tertiary/aromatic N) is 1. The molecule has 2 aromatic rings. The Morgan fingerprint density at radius 3 is 2.21 bits per heavy atom. The normalized spacial score (nSPS) is 16.4. The number of hydrogen-bond donors (Lipinski definition) is 1. The minimum absolute atomic E-state index is 0.179. The zero-order valence-corrected chi connectivity index (χ0v) is 20.6. The average molecular weight is 467 g/mol. The van der Waals surface area contributed by atoms with Crippen molar-refractivity contribution in [3.8, 4) is 5.75 Å². The molecule has 0 aromatic heterocycles. The zero-order chi connectivity index (χ0) is 24.9. The molecule has 1 aliphatic rings. The van der Waals surface area contributed by atoms with E-state index in [-0.39, 0.29) is 18.5 Å². The van der Waals surface area contributed by atoms with Gasteiger partial charge in [-0.15, -0.1) is 0 Å². The summed E-state index contributed by atoms with van der Waals surface area (Å²) in [7, 11) is 0. The van der Waals surface area contributed by atoms with Gasteiger partial charge in [-0.1, -0.05) is 42.5 Å². The van der Waals surface area contributed by atoms with Crippen LogP contribution in [0, 0.1) is 0 Å². The van der Waals surface area contributed by atoms with Crippen LogP contribution in [0.2, 0.25) is 0 Å². The fraction of sp³-hybridized carbons (Fsp3) is 0.444. The van der Waals surface area contributed by atoms with Crippen LogP contribution in [0.1, 0.15) is 58.6 Å². The smallest absolute Gasteiger partial charge is 0.350 e. The van der Waals surface area contributed by atoms with Crippen molar-refractivity contribution in [1.82, 2.24) is 10.2 Å². The number of carbonyl (C=O) groups is 3. The third-order valence-corrected chi connectivity index (χ3v) is 5.44. The van der Waals surface area contributed by atoms with Crippen LogP contribution < -0.4 is 10.1 Å². The lowest BCUT2D eigenvalue weighted by atomic mass is 10.0. The highest BCUT2D eigenvalue weighted by molar-refractivity contribution is 6.04. The van der Waals surface area contributed by atoms with Gasteiger partial charge in [0.2, 0.25) is 0 Å². The zero-order valence-electron chi connectivity index (χ0n) is 20.6. The van der Waals surface area contributed by atoms with E-state index in [1.807, 2.05) is 75.4 Å². The van der Waals surface area contributed by atoms with Gasteiger partial charge in [0, 0.05) is 0 Å². The Kier molecular flexibility index (Phi) is 7.64. The molecule has 7 heteroatoms. The number of nitrogens with one attached hydrogen (secondary N) is 1. The molecule has 3 rings (SSSR count). The van der Waals surface area contributed by atoms with Crippen molar-refractivity contribution in [2.24, 2.45) is 0 Å². The molecule has 0 saturated carbocycles. The monoisotopic (exact) mass is 466 g/mol. The Hall–Kier alpha value is -3.35. The first-order chi connectivity index (χ1) is 15.9. The minimum atomic E-state index is -1.11. The van der Waals surface area contributed by atoms with Crippen LogP contribution in [-0.4, -0.2) is 40.1 Å². The molecule has 0 aliphatic carbocycles. The number of ether oxygens (including phenoxy) is 2. The van der Waals surface area contributed by atoms with Crippen LogP contribution in [0.25, 0.3) is 0 Å². The molecule has 0 radical (unpaired) electrons. The summed E-state index contributed by atoms with van der Waals surface area (Å²) < 4.78 is 11.3. The molecule has 34 heavy (non-hydrogen) atoms. The Morgan fingerprint density at radius 1 is 0.941 bits per heavy atom. The summed E-state index contributed by atoms with van der Waals surface area (Å²) in [6.07, 6.45) is 2.08. The van der Waals surface area contributed by atoms with E-state index >= 15 is 0 Å². The Morgan fingerprint density at radius 2 is 1.59 bits per heavy atom. The molecule has 0 spiro atoms. The van der Waals surface area contributed by atoms with Crippen LogP contribution in [-0.2, 0) is 27.3 Å². The molecule has 1 fully saturated rings. The predicted octanol–water partition coefficient (Wildman–Crippen LogP) is 4.63. The molecule has 0 bridgehead atoms. The summed E-state index contributed by atoms with van der Waals surface area (Å²) in [6, 6.07) is 16.2. The molecular weight excluding hydrogens is 432 g/mol. The van der Waals surface area contributed by atoms with Crippen molar-refractivity contribution in [2.75, 3.05) is 0 Å². The minimum Gasteiger partial charge on any atom is -0.476 e. The van der Waals surface area contributed by atoms with E-state index in [1.165, 1.54) is 4.90 Å². The fourth-order valence-electron chi connectivity index (χ4n) is 3.66. The fourth-order valence-corrected chi connectivity index (χ4v) is 3.66. The first kappa shape index (κ1) is 25.3. The van der Waals surface area contributed by atoms with Crippen molar-refractivity contribution < 1.29 is 23.9 Å². The highest BCUT2D eigenvalue weighted by Crippen LogP contribution is 2.23. The van der Waals surface area contributed by atoms with Gasteiger partial charge in [-0.2, -0.15) is 0 Å². The summed E-state index contributed by atoms with van der Waals surface area (Å²) in [5.41, 5.74) is 0.311. The van der Waals surface area contributed by atoms with Gasteiger partial charge in [-0.3, -0.25) is 9.69 Å². The SMILES string of the molecule is CC(C)(C)OC(=O)C(C)(C)Oc1ccc(CCCC2NC(=O)N(Cc3ccccc3)C2=O)cc1. The number of rotatable bonds is 9. The third kappa shape index (κ3) is 6.83. The Bertz CT molecular complexity index is 1010. The van der Waals surface area contributed by atoms with Crippen LogP contribution >= 0.6 is 0 Å². The molecule has 1 unspecified atom stereocenters. The lowest BCUT2D eigenvalue weighted by Crippen LogP contribution is -2.43. The summed E-state index contributed by atoms with van der Waals surface area (Å²) in [5, 5.41) is 2.80. The summed E-state index contributed by atoms with van der Waals surface area (Å²) in [6.45, 7) is 9.11. The van der Waals surface area contributed by atoms with E-state index in [9.17, 15) is 14.4 Å². The molecule has 1 heterocycles. The molecule has 2 aromatic carbocycles. The van der Waals surface area contributed by atoms with Gasteiger partial charge in [0.1, 0.15) is 17.4 Å². The Balaban J connectivity index is 1.48. The standard InChI is InChI=1S/C27H34N2O5/c1-26(2,3)34-24(31)27(4,5)33-21-16-14-19(15-17-21)12-9-13-22-23(30)29(25(32)28-22)18-20-10-7-6-8-11-20/h6-8,10-11,14-17,22H,9,12-13,18H2,1-5H3,(H,28,32). The van der Waals surface area contributed by atoms with E-state index in [4.69, 9.17) is 9.47 Å². The lowest BCUT2D eigenvalue weighted by Gasteiger charge is -2.29.